The van der Waals surface area contributed by atoms with Crippen LogP contribution < -0.4 is 0 Å². The van der Waals surface area contributed by atoms with Crippen molar-refractivity contribution in [3.8, 4) is 0 Å². The van der Waals surface area contributed by atoms with Gasteiger partial charge in [0.1, 0.15) is 6.04 Å². The Bertz CT molecular complexity index is 782. The Balaban J connectivity index is 2.15. The average Bonchev–Trinajstić information content (AvgIpc) is 2.59. The molecule has 4 nitrogen and oxygen atoms in total. The molecule has 1 fully saturated rings. The molecule has 0 amide bonds. The fraction of sp³-hybridized carbons (Fsp3) is 0.368. The molecule has 2 atom stereocenters. The van der Waals surface area contributed by atoms with Gasteiger partial charge in [-0.1, -0.05) is 47.8 Å². The highest BCUT2D eigenvalue weighted by Crippen LogP contribution is 2.39. The Morgan fingerprint density at radius 2 is 2.00 bits per heavy atom. The molecule has 1 aromatic heterocycles. The van der Waals surface area contributed by atoms with Crippen LogP contribution >= 0.6 is 23.2 Å². The molecule has 2 unspecified atom stereocenters. The zero-order chi connectivity index (χ0) is 18.0. The molecule has 3 rings (SSSR count). The summed E-state index contributed by atoms with van der Waals surface area (Å²) in [6, 6.07) is 10.3. The Morgan fingerprint density at radius 1 is 1.24 bits per heavy atom. The first-order valence-corrected chi connectivity index (χ1v) is 9.10. The van der Waals surface area contributed by atoms with Gasteiger partial charge in [-0.05, 0) is 50.1 Å². The van der Waals surface area contributed by atoms with E-state index in [2.05, 4.69) is 4.98 Å². The lowest BCUT2D eigenvalue weighted by atomic mass is 9.94. The third-order valence-electron chi connectivity index (χ3n) is 4.63. The lowest BCUT2D eigenvalue weighted by molar-refractivity contribution is -0.145. The Labute approximate surface area is 157 Å². The molecule has 1 aliphatic rings. The maximum Gasteiger partial charge on any atom is 0.320 e. The predicted molar refractivity (Wildman–Crippen MR) is 99.3 cm³/mol. The number of carbonyl (C=O) groups is 1. The Morgan fingerprint density at radius 3 is 2.72 bits per heavy atom. The Hall–Kier alpha value is -1.62. The molecule has 0 bridgehead atoms. The molecule has 0 spiro atoms. The molecule has 0 saturated carbocycles. The smallest absolute Gasteiger partial charge is 0.320 e. The van der Waals surface area contributed by atoms with Crippen molar-refractivity contribution < 1.29 is 9.90 Å². The molecular formula is C19H20Cl2N2O2. The number of carboxylic acids is 1. The van der Waals surface area contributed by atoms with Gasteiger partial charge in [0.2, 0.25) is 0 Å². The summed E-state index contributed by atoms with van der Waals surface area (Å²) in [5, 5.41) is 10.6. The lowest BCUT2D eigenvalue weighted by Gasteiger charge is -2.39. The van der Waals surface area contributed by atoms with Crippen LogP contribution in [0, 0.1) is 6.92 Å². The SMILES string of the molecule is Cc1cccc(C(c2cccc(Cl)c2Cl)N2CCCCC2C(=O)O)n1. The first kappa shape index (κ1) is 18.2. The molecule has 1 saturated heterocycles. The molecule has 1 aliphatic heterocycles. The molecular weight excluding hydrogens is 359 g/mol. The van der Waals surface area contributed by atoms with Gasteiger partial charge in [0.05, 0.1) is 21.8 Å². The summed E-state index contributed by atoms with van der Waals surface area (Å²) in [6.07, 6.45) is 2.48. The number of nitrogens with zero attached hydrogens (tertiary/aromatic N) is 2. The fourth-order valence-corrected chi connectivity index (χ4v) is 3.90. The van der Waals surface area contributed by atoms with Crippen molar-refractivity contribution in [3.05, 3.63) is 63.4 Å². The topological polar surface area (TPSA) is 53.4 Å². The van der Waals surface area contributed by atoms with Crippen LogP contribution in [-0.2, 0) is 4.79 Å². The monoisotopic (exact) mass is 378 g/mol. The van der Waals surface area contributed by atoms with Crippen molar-refractivity contribution >= 4 is 29.2 Å². The van der Waals surface area contributed by atoms with Crippen molar-refractivity contribution in [2.24, 2.45) is 0 Å². The first-order chi connectivity index (χ1) is 12.0. The number of pyridine rings is 1. The highest BCUT2D eigenvalue weighted by Gasteiger charge is 2.36. The number of rotatable bonds is 4. The minimum absolute atomic E-state index is 0.340. The van der Waals surface area contributed by atoms with Gasteiger partial charge in [-0.2, -0.15) is 0 Å². The van der Waals surface area contributed by atoms with Crippen molar-refractivity contribution in [1.82, 2.24) is 9.88 Å². The van der Waals surface area contributed by atoms with E-state index in [4.69, 9.17) is 23.2 Å². The van der Waals surface area contributed by atoms with Gasteiger partial charge in [-0.25, -0.2) is 0 Å². The second kappa shape index (κ2) is 7.73. The summed E-state index contributed by atoms with van der Waals surface area (Å²) in [5.74, 6) is -0.810. The van der Waals surface area contributed by atoms with Gasteiger partial charge in [0, 0.05) is 5.69 Å². The number of piperidine rings is 1. The van der Waals surface area contributed by atoms with E-state index in [0.717, 1.165) is 29.8 Å². The maximum atomic E-state index is 11.8. The Kier molecular flexibility index (Phi) is 5.62. The van der Waals surface area contributed by atoms with Crippen molar-refractivity contribution in [2.45, 2.75) is 38.3 Å². The zero-order valence-electron chi connectivity index (χ0n) is 14.0. The van der Waals surface area contributed by atoms with Gasteiger partial charge < -0.3 is 5.11 Å². The summed E-state index contributed by atoms with van der Waals surface area (Å²) < 4.78 is 0. The van der Waals surface area contributed by atoms with Crippen LogP contribution in [0.2, 0.25) is 10.0 Å². The molecule has 0 radical (unpaired) electrons. The minimum Gasteiger partial charge on any atom is -0.480 e. The van der Waals surface area contributed by atoms with E-state index >= 15 is 0 Å². The number of aliphatic carboxylic acids is 1. The van der Waals surface area contributed by atoms with Gasteiger partial charge in [0.25, 0.3) is 0 Å². The summed E-state index contributed by atoms with van der Waals surface area (Å²) in [5.41, 5.74) is 2.46. The van der Waals surface area contributed by atoms with E-state index in [1.807, 2.05) is 42.2 Å². The molecule has 1 N–H and O–H groups in total. The molecule has 2 aromatic rings. The van der Waals surface area contributed by atoms with Gasteiger partial charge >= 0.3 is 5.97 Å². The van der Waals surface area contributed by atoms with Gasteiger partial charge in [-0.3, -0.25) is 14.7 Å². The van der Waals surface area contributed by atoms with Crippen LogP contribution in [0.4, 0.5) is 0 Å². The van der Waals surface area contributed by atoms with E-state index in [-0.39, 0.29) is 6.04 Å². The maximum absolute atomic E-state index is 11.8. The number of hydrogen-bond donors (Lipinski definition) is 1. The number of benzene rings is 1. The van der Waals surface area contributed by atoms with E-state index in [9.17, 15) is 9.90 Å². The summed E-state index contributed by atoms with van der Waals surface area (Å²) in [6.45, 7) is 2.60. The summed E-state index contributed by atoms with van der Waals surface area (Å²) in [7, 11) is 0. The number of halogens is 2. The third kappa shape index (κ3) is 3.81. The number of aryl methyl sites for hydroxylation is 1. The number of hydrogen-bond acceptors (Lipinski definition) is 3. The highest BCUT2D eigenvalue weighted by molar-refractivity contribution is 6.42. The summed E-state index contributed by atoms with van der Waals surface area (Å²) in [4.78, 5) is 18.5. The first-order valence-electron chi connectivity index (χ1n) is 8.35. The zero-order valence-corrected chi connectivity index (χ0v) is 15.5. The molecule has 1 aromatic carbocycles. The number of likely N-dealkylation sites (tertiary alicyclic amines) is 1. The highest BCUT2D eigenvalue weighted by atomic mass is 35.5. The van der Waals surface area contributed by atoms with Crippen molar-refractivity contribution in [1.29, 1.82) is 0 Å². The van der Waals surface area contributed by atoms with E-state index in [0.29, 0.717) is 23.0 Å². The number of carboxylic acid groups (broad SMARTS) is 1. The van der Waals surface area contributed by atoms with Crippen LogP contribution in [0.15, 0.2) is 36.4 Å². The minimum atomic E-state index is -0.810. The molecule has 25 heavy (non-hydrogen) atoms. The lowest BCUT2D eigenvalue weighted by Crippen LogP contribution is -2.47. The van der Waals surface area contributed by atoms with Crippen molar-refractivity contribution in [2.75, 3.05) is 6.54 Å². The second-order valence-electron chi connectivity index (χ2n) is 6.34. The van der Waals surface area contributed by atoms with E-state index in [1.54, 1.807) is 6.07 Å². The summed E-state index contributed by atoms with van der Waals surface area (Å²) >= 11 is 12.7. The van der Waals surface area contributed by atoms with Gasteiger partial charge in [0.15, 0.2) is 0 Å². The molecule has 0 aliphatic carbocycles. The van der Waals surface area contributed by atoms with Crippen LogP contribution in [0.25, 0.3) is 0 Å². The molecule has 132 valence electrons. The van der Waals surface area contributed by atoms with E-state index in [1.165, 1.54) is 0 Å². The third-order valence-corrected chi connectivity index (χ3v) is 5.46. The van der Waals surface area contributed by atoms with Crippen LogP contribution in [0.1, 0.15) is 42.3 Å². The normalized spacial score (nSPS) is 19.6. The molecule has 2 heterocycles. The standard InChI is InChI=1S/C19H20Cl2N2O2/c1-12-6-4-9-15(22-12)18(13-7-5-8-14(20)17(13)21)23-11-3-2-10-16(23)19(24)25/h4-9,16,18H,2-3,10-11H2,1H3,(H,24,25). The largest absolute Gasteiger partial charge is 0.480 e. The predicted octanol–water partition coefficient (Wildman–Crippen LogP) is 4.73. The second-order valence-corrected chi connectivity index (χ2v) is 7.12. The average molecular weight is 379 g/mol. The van der Waals surface area contributed by atoms with Crippen molar-refractivity contribution in [3.63, 3.8) is 0 Å². The van der Waals surface area contributed by atoms with Gasteiger partial charge in [-0.15, -0.1) is 0 Å². The number of aromatic nitrogens is 1. The van der Waals surface area contributed by atoms with E-state index < -0.39 is 12.0 Å². The van der Waals surface area contributed by atoms with Crippen LogP contribution in [0.5, 0.6) is 0 Å². The van der Waals surface area contributed by atoms with Crippen LogP contribution in [-0.4, -0.2) is 33.5 Å². The quantitative estimate of drug-likeness (QED) is 0.835. The molecule has 6 heteroatoms. The van der Waals surface area contributed by atoms with Crippen LogP contribution in [0.3, 0.4) is 0 Å². The fourth-order valence-electron chi connectivity index (χ4n) is 3.48.